The molecule has 2 fully saturated rings. The van der Waals surface area contributed by atoms with Gasteiger partial charge in [-0.05, 0) is 51.6 Å². The van der Waals surface area contributed by atoms with Crippen LogP contribution in [0, 0.1) is 0 Å². The monoisotopic (exact) mass is 298 g/mol. The Morgan fingerprint density at radius 2 is 2.19 bits per heavy atom. The van der Waals surface area contributed by atoms with E-state index in [2.05, 4.69) is 17.1 Å². The van der Waals surface area contributed by atoms with Gasteiger partial charge in [0.2, 0.25) is 0 Å². The average molecular weight is 298 g/mol. The molecule has 0 amide bonds. The van der Waals surface area contributed by atoms with E-state index < -0.39 is 5.54 Å². The van der Waals surface area contributed by atoms with Gasteiger partial charge in [-0.3, -0.25) is 9.69 Å². The predicted octanol–water partition coefficient (Wildman–Crippen LogP) is 1.56. The van der Waals surface area contributed by atoms with Gasteiger partial charge < -0.3 is 14.8 Å². The SMILES string of the molecule is CCCNC1(C(=O)OC)CCC(N2CCCC(OC)C2)C1. The van der Waals surface area contributed by atoms with E-state index in [9.17, 15) is 4.79 Å². The van der Waals surface area contributed by atoms with Gasteiger partial charge in [0.05, 0.1) is 13.2 Å². The van der Waals surface area contributed by atoms with Crippen LogP contribution in [0.5, 0.6) is 0 Å². The molecule has 2 aliphatic rings. The van der Waals surface area contributed by atoms with E-state index in [4.69, 9.17) is 9.47 Å². The summed E-state index contributed by atoms with van der Waals surface area (Å²) in [6.07, 6.45) is 6.49. The third-order valence-electron chi connectivity index (χ3n) is 5.04. The molecule has 2 rings (SSSR count). The molecule has 1 N–H and O–H groups in total. The number of hydrogen-bond donors (Lipinski definition) is 1. The molecule has 21 heavy (non-hydrogen) atoms. The minimum Gasteiger partial charge on any atom is -0.468 e. The van der Waals surface area contributed by atoms with Crippen LogP contribution in [0.2, 0.25) is 0 Å². The predicted molar refractivity (Wildman–Crippen MR) is 82.3 cm³/mol. The summed E-state index contributed by atoms with van der Waals surface area (Å²) in [6.45, 7) is 5.10. The van der Waals surface area contributed by atoms with E-state index in [1.807, 2.05) is 0 Å². The standard InChI is InChI=1S/C16H30N2O3/c1-4-9-17-16(15(19)21-3)8-7-13(11-16)18-10-5-6-14(12-18)20-2/h13-14,17H,4-12H2,1-3H3. The number of rotatable bonds is 6. The average Bonchev–Trinajstić information content (AvgIpc) is 2.98. The number of piperidine rings is 1. The number of carbonyl (C=O) groups excluding carboxylic acids is 1. The molecule has 0 aromatic heterocycles. The van der Waals surface area contributed by atoms with E-state index in [-0.39, 0.29) is 5.97 Å². The smallest absolute Gasteiger partial charge is 0.326 e. The van der Waals surface area contributed by atoms with Crippen molar-refractivity contribution in [3.05, 3.63) is 0 Å². The quantitative estimate of drug-likeness (QED) is 0.754. The maximum absolute atomic E-state index is 12.3. The second kappa shape index (κ2) is 7.56. The Bertz CT molecular complexity index is 350. The van der Waals surface area contributed by atoms with Crippen molar-refractivity contribution in [3.8, 4) is 0 Å². The zero-order chi connectivity index (χ0) is 15.3. The minimum absolute atomic E-state index is 0.0984. The highest BCUT2D eigenvalue weighted by atomic mass is 16.5. The van der Waals surface area contributed by atoms with Crippen molar-refractivity contribution >= 4 is 5.97 Å². The molecular weight excluding hydrogens is 268 g/mol. The molecule has 0 radical (unpaired) electrons. The fraction of sp³-hybridized carbons (Fsp3) is 0.938. The van der Waals surface area contributed by atoms with Crippen molar-refractivity contribution in [1.82, 2.24) is 10.2 Å². The normalized spacial score (nSPS) is 34.0. The first-order valence-corrected chi connectivity index (χ1v) is 8.25. The number of esters is 1. The fourth-order valence-corrected chi connectivity index (χ4v) is 3.80. The zero-order valence-corrected chi connectivity index (χ0v) is 13.7. The molecule has 122 valence electrons. The van der Waals surface area contributed by atoms with Crippen LogP contribution in [0.15, 0.2) is 0 Å². The first-order chi connectivity index (χ1) is 10.1. The lowest BCUT2D eigenvalue weighted by Gasteiger charge is -2.37. The maximum atomic E-state index is 12.3. The summed E-state index contributed by atoms with van der Waals surface area (Å²) in [4.78, 5) is 14.8. The lowest BCUT2D eigenvalue weighted by molar-refractivity contribution is -0.148. The molecule has 3 atom stereocenters. The lowest BCUT2D eigenvalue weighted by atomic mass is 9.96. The number of methoxy groups -OCH3 is 2. The highest BCUT2D eigenvalue weighted by molar-refractivity contribution is 5.81. The summed E-state index contributed by atoms with van der Waals surface area (Å²) in [5.74, 6) is -0.0984. The van der Waals surface area contributed by atoms with Crippen LogP contribution in [-0.4, -0.2) is 62.4 Å². The van der Waals surface area contributed by atoms with Gasteiger partial charge in [-0.25, -0.2) is 0 Å². The van der Waals surface area contributed by atoms with Crippen molar-refractivity contribution in [3.63, 3.8) is 0 Å². The Morgan fingerprint density at radius 3 is 2.86 bits per heavy atom. The molecular formula is C16H30N2O3. The van der Waals surface area contributed by atoms with Gasteiger partial charge in [-0.2, -0.15) is 0 Å². The van der Waals surface area contributed by atoms with Crippen LogP contribution in [0.1, 0.15) is 45.4 Å². The van der Waals surface area contributed by atoms with Crippen LogP contribution in [-0.2, 0) is 14.3 Å². The van der Waals surface area contributed by atoms with Gasteiger partial charge >= 0.3 is 5.97 Å². The molecule has 1 aliphatic heterocycles. The molecule has 1 saturated heterocycles. The summed E-state index contributed by atoms with van der Waals surface area (Å²) in [6, 6.07) is 0.464. The number of ether oxygens (including phenoxy) is 2. The van der Waals surface area contributed by atoms with Crippen LogP contribution in [0.4, 0.5) is 0 Å². The van der Waals surface area contributed by atoms with Crippen LogP contribution >= 0.6 is 0 Å². The molecule has 1 aliphatic carbocycles. The number of likely N-dealkylation sites (tertiary alicyclic amines) is 1. The third kappa shape index (κ3) is 3.76. The van der Waals surface area contributed by atoms with Gasteiger partial charge in [0.15, 0.2) is 0 Å². The van der Waals surface area contributed by atoms with E-state index in [1.54, 1.807) is 7.11 Å². The van der Waals surface area contributed by atoms with Gasteiger partial charge in [-0.1, -0.05) is 6.92 Å². The van der Waals surface area contributed by atoms with E-state index in [1.165, 1.54) is 13.5 Å². The van der Waals surface area contributed by atoms with E-state index in [0.717, 1.165) is 51.7 Å². The zero-order valence-electron chi connectivity index (χ0n) is 13.7. The number of nitrogens with zero attached hydrogens (tertiary/aromatic N) is 1. The number of carbonyl (C=O) groups is 1. The Morgan fingerprint density at radius 1 is 1.38 bits per heavy atom. The van der Waals surface area contributed by atoms with Crippen molar-refractivity contribution in [2.45, 2.75) is 63.1 Å². The first kappa shape index (κ1) is 16.7. The van der Waals surface area contributed by atoms with Crippen LogP contribution in [0.3, 0.4) is 0 Å². The molecule has 1 heterocycles. The molecule has 3 unspecified atom stereocenters. The maximum Gasteiger partial charge on any atom is 0.326 e. The van der Waals surface area contributed by atoms with Gasteiger partial charge in [-0.15, -0.1) is 0 Å². The highest BCUT2D eigenvalue weighted by Gasteiger charge is 2.47. The van der Waals surface area contributed by atoms with Gasteiger partial charge in [0.25, 0.3) is 0 Å². The highest BCUT2D eigenvalue weighted by Crippen LogP contribution is 2.35. The lowest BCUT2D eigenvalue weighted by Crippen LogP contribution is -2.53. The Balaban J connectivity index is 2.00. The Kier molecular flexibility index (Phi) is 6.02. The third-order valence-corrected chi connectivity index (χ3v) is 5.04. The second-order valence-corrected chi connectivity index (χ2v) is 6.39. The topological polar surface area (TPSA) is 50.8 Å². The molecule has 0 bridgehead atoms. The molecule has 0 aromatic rings. The first-order valence-electron chi connectivity index (χ1n) is 8.25. The molecule has 5 heteroatoms. The molecule has 0 aromatic carbocycles. The van der Waals surface area contributed by atoms with Gasteiger partial charge in [0, 0.05) is 19.7 Å². The van der Waals surface area contributed by atoms with Crippen LogP contribution in [0.25, 0.3) is 0 Å². The number of nitrogens with one attached hydrogen (secondary N) is 1. The summed E-state index contributed by atoms with van der Waals surface area (Å²) in [5.41, 5.74) is -0.477. The summed E-state index contributed by atoms with van der Waals surface area (Å²) in [7, 11) is 3.29. The van der Waals surface area contributed by atoms with Crippen molar-refractivity contribution in [1.29, 1.82) is 0 Å². The van der Waals surface area contributed by atoms with E-state index >= 15 is 0 Å². The largest absolute Gasteiger partial charge is 0.468 e. The summed E-state index contributed by atoms with van der Waals surface area (Å²) in [5, 5.41) is 3.46. The van der Waals surface area contributed by atoms with Crippen molar-refractivity contribution in [2.24, 2.45) is 0 Å². The van der Waals surface area contributed by atoms with E-state index in [0.29, 0.717) is 12.1 Å². The van der Waals surface area contributed by atoms with Crippen molar-refractivity contribution in [2.75, 3.05) is 33.9 Å². The number of hydrogen-bond acceptors (Lipinski definition) is 5. The molecule has 5 nitrogen and oxygen atoms in total. The van der Waals surface area contributed by atoms with Crippen LogP contribution < -0.4 is 5.32 Å². The molecule has 1 saturated carbocycles. The summed E-state index contributed by atoms with van der Waals surface area (Å²) >= 11 is 0. The Labute approximate surface area is 128 Å². The second-order valence-electron chi connectivity index (χ2n) is 6.39. The minimum atomic E-state index is -0.477. The fourth-order valence-electron chi connectivity index (χ4n) is 3.80. The summed E-state index contributed by atoms with van der Waals surface area (Å²) < 4.78 is 10.6. The molecule has 0 spiro atoms. The Hall–Kier alpha value is -0.650. The van der Waals surface area contributed by atoms with Crippen molar-refractivity contribution < 1.29 is 14.3 Å². The van der Waals surface area contributed by atoms with Gasteiger partial charge in [0.1, 0.15) is 5.54 Å².